The van der Waals surface area contributed by atoms with Crippen LogP contribution in [0.25, 0.3) is 0 Å². The number of pyridine rings is 1. The molecule has 0 aliphatic rings. The van der Waals surface area contributed by atoms with E-state index in [-0.39, 0.29) is 5.78 Å². The number of hydrogen-bond acceptors (Lipinski definition) is 4. The van der Waals surface area contributed by atoms with Gasteiger partial charge in [0.2, 0.25) is 0 Å². The molecule has 4 heteroatoms. The third kappa shape index (κ3) is 4.40. The predicted molar refractivity (Wildman–Crippen MR) is 62.9 cm³/mol. The third-order valence-corrected chi connectivity index (χ3v) is 2.19. The average molecular weight is 222 g/mol. The van der Waals surface area contributed by atoms with E-state index in [1.807, 2.05) is 7.05 Å². The minimum absolute atomic E-state index is 0.0272. The molecule has 0 radical (unpaired) electrons. The van der Waals surface area contributed by atoms with Crippen LogP contribution in [0.15, 0.2) is 18.3 Å². The summed E-state index contributed by atoms with van der Waals surface area (Å²) in [5.41, 5.74) is 0.475. The summed E-state index contributed by atoms with van der Waals surface area (Å²) in [6.45, 7) is 3.19. The highest BCUT2D eigenvalue weighted by atomic mass is 16.5. The first-order valence-electron chi connectivity index (χ1n) is 5.48. The van der Waals surface area contributed by atoms with E-state index in [0.717, 1.165) is 25.1 Å². The molecule has 0 saturated carbocycles. The van der Waals surface area contributed by atoms with Crippen molar-refractivity contribution in [2.24, 2.45) is 0 Å². The first-order chi connectivity index (χ1) is 7.74. The summed E-state index contributed by atoms with van der Waals surface area (Å²) < 4.78 is 5.49. The van der Waals surface area contributed by atoms with E-state index >= 15 is 0 Å². The minimum atomic E-state index is -0.0272. The van der Waals surface area contributed by atoms with Crippen molar-refractivity contribution in [3.8, 4) is 5.75 Å². The van der Waals surface area contributed by atoms with Gasteiger partial charge in [0.1, 0.15) is 11.4 Å². The van der Waals surface area contributed by atoms with Crippen LogP contribution in [0.4, 0.5) is 0 Å². The van der Waals surface area contributed by atoms with Gasteiger partial charge < -0.3 is 10.1 Å². The van der Waals surface area contributed by atoms with Gasteiger partial charge in [-0.2, -0.15) is 0 Å². The summed E-state index contributed by atoms with van der Waals surface area (Å²) in [7, 11) is 1.94. The second kappa shape index (κ2) is 6.95. The monoisotopic (exact) mass is 222 g/mol. The van der Waals surface area contributed by atoms with Crippen LogP contribution in [-0.2, 0) is 0 Å². The number of hydrogen-bond donors (Lipinski definition) is 1. The van der Waals surface area contributed by atoms with Crippen LogP contribution >= 0.6 is 0 Å². The maximum atomic E-state index is 11.0. The molecular weight excluding hydrogens is 204 g/mol. The Labute approximate surface area is 96.0 Å². The number of aromatic nitrogens is 1. The van der Waals surface area contributed by atoms with Gasteiger partial charge in [0.25, 0.3) is 0 Å². The summed E-state index contributed by atoms with van der Waals surface area (Å²) in [6, 6.07) is 3.47. The molecule has 0 spiro atoms. The smallest absolute Gasteiger partial charge is 0.178 e. The van der Waals surface area contributed by atoms with Crippen molar-refractivity contribution in [3.63, 3.8) is 0 Å². The van der Waals surface area contributed by atoms with E-state index in [4.69, 9.17) is 4.74 Å². The number of rotatable bonds is 7. The lowest BCUT2D eigenvalue weighted by Gasteiger charge is -2.05. The van der Waals surface area contributed by atoms with Gasteiger partial charge in [-0.1, -0.05) is 0 Å². The average Bonchev–Trinajstić information content (AvgIpc) is 2.29. The Hall–Kier alpha value is -1.42. The van der Waals surface area contributed by atoms with Gasteiger partial charge in [-0.25, -0.2) is 4.98 Å². The molecule has 1 N–H and O–H groups in total. The van der Waals surface area contributed by atoms with E-state index in [1.165, 1.54) is 6.92 Å². The standard InChI is InChI=1S/C12H18N2O2/c1-10(15)12-6-5-11(9-14-12)16-8-4-3-7-13-2/h5-6,9,13H,3-4,7-8H2,1-2H3. The lowest BCUT2D eigenvalue weighted by Crippen LogP contribution is -2.09. The first kappa shape index (κ1) is 12.6. The fourth-order valence-electron chi connectivity index (χ4n) is 1.27. The second-order valence-corrected chi connectivity index (χ2v) is 3.59. The topological polar surface area (TPSA) is 51.2 Å². The minimum Gasteiger partial charge on any atom is -0.492 e. The highest BCUT2D eigenvalue weighted by molar-refractivity contribution is 5.92. The molecule has 4 nitrogen and oxygen atoms in total. The van der Waals surface area contributed by atoms with Crippen LogP contribution in [0.5, 0.6) is 5.75 Å². The number of ketones is 1. The highest BCUT2D eigenvalue weighted by Gasteiger charge is 2.00. The highest BCUT2D eigenvalue weighted by Crippen LogP contribution is 2.09. The molecule has 0 saturated heterocycles. The molecule has 1 rings (SSSR count). The van der Waals surface area contributed by atoms with Gasteiger partial charge in [-0.15, -0.1) is 0 Å². The molecule has 0 amide bonds. The third-order valence-electron chi connectivity index (χ3n) is 2.19. The van der Waals surface area contributed by atoms with Gasteiger partial charge in [0.05, 0.1) is 12.8 Å². The fourth-order valence-corrected chi connectivity index (χ4v) is 1.27. The lowest BCUT2D eigenvalue weighted by molar-refractivity contribution is 0.101. The van der Waals surface area contributed by atoms with Crippen LogP contribution in [-0.4, -0.2) is 31.0 Å². The van der Waals surface area contributed by atoms with Gasteiger partial charge >= 0.3 is 0 Å². The summed E-state index contributed by atoms with van der Waals surface area (Å²) in [6.07, 6.45) is 3.69. The predicted octanol–water partition coefficient (Wildman–Crippen LogP) is 1.66. The molecule has 0 fully saturated rings. The summed E-state index contributed by atoms with van der Waals surface area (Å²) in [4.78, 5) is 15.0. The molecule has 1 aromatic rings. The number of carbonyl (C=O) groups excluding carboxylic acids is 1. The zero-order valence-corrected chi connectivity index (χ0v) is 9.82. The van der Waals surface area contributed by atoms with Crippen molar-refractivity contribution in [2.75, 3.05) is 20.2 Å². The van der Waals surface area contributed by atoms with E-state index < -0.39 is 0 Å². The quantitative estimate of drug-likeness (QED) is 0.563. The van der Waals surface area contributed by atoms with Crippen molar-refractivity contribution >= 4 is 5.78 Å². The zero-order valence-electron chi connectivity index (χ0n) is 9.82. The van der Waals surface area contributed by atoms with Crippen LogP contribution in [0.3, 0.4) is 0 Å². The number of Topliss-reactive ketones (excluding diaryl/α,β-unsaturated/α-hetero) is 1. The van der Waals surface area contributed by atoms with Gasteiger partial charge in [0.15, 0.2) is 5.78 Å². The molecule has 0 bridgehead atoms. The van der Waals surface area contributed by atoms with Gasteiger partial charge in [0, 0.05) is 6.92 Å². The molecule has 1 aromatic heterocycles. The molecule has 1 heterocycles. The number of ether oxygens (including phenoxy) is 1. The molecular formula is C12H18N2O2. The Balaban J connectivity index is 2.29. The Morgan fingerprint density at radius 1 is 1.44 bits per heavy atom. The van der Waals surface area contributed by atoms with Gasteiger partial charge in [-0.05, 0) is 38.6 Å². The largest absolute Gasteiger partial charge is 0.492 e. The van der Waals surface area contributed by atoms with Crippen LogP contribution in [0.1, 0.15) is 30.3 Å². The van der Waals surface area contributed by atoms with Crippen molar-refractivity contribution < 1.29 is 9.53 Å². The molecule has 16 heavy (non-hydrogen) atoms. The SMILES string of the molecule is CNCCCCOc1ccc(C(C)=O)nc1. The van der Waals surface area contributed by atoms with Crippen LogP contribution < -0.4 is 10.1 Å². The van der Waals surface area contributed by atoms with Gasteiger partial charge in [-0.3, -0.25) is 4.79 Å². The Morgan fingerprint density at radius 2 is 2.25 bits per heavy atom. The maximum Gasteiger partial charge on any atom is 0.178 e. The maximum absolute atomic E-state index is 11.0. The summed E-state index contributed by atoms with van der Waals surface area (Å²) >= 11 is 0. The number of unbranched alkanes of at least 4 members (excludes halogenated alkanes) is 1. The van der Waals surface area contributed by atoms with Crippen LogP contribution in [0.2, 0.25) is 0 Å². The van der Waals surface area contributed by atoms with E-state index in [9.17, 15) is 4.79 Å². The number of nitrogens with one attached hydrogen (secondary N) is 1. The van der Waals surface area contributed by atoms with Crippen molar-refractivity contribution in [3.05, 3.63) is 24.0 Å². The van der Waals surface area contributed by atoms with Crippen molar-refractivity contribution in [1.29, 1.82) is 0 Å². The first-order valence-corrected chi connectivity index (χ1v) is 5.48. The van der Waals surface area contributed by atoms with Crippen molar-refractivity contribution in [2.45, 2.75) is 19.8 Å². The molecule has 0 aliphatic carbocycles. The van der Waals surface area contributed by atoms with E-state index in [1.54, 1.807) is 18.3 Å². The lowest BCUT2D eigenvalue weighted by atomic mass is 10.3. The molecule has 0 aromatic carbocycles. The fraction of sp³-hybridized carbons (Fsp3) is 0.500. The van der Waals surface area contributed by atoms with E-state index in [0.29, 0.717) is 12.3 Å². The molecule has 88 valence electrons. The molecule has 0 atom stereocenters. The summed E-state index contributed by atoms with van der Waals surface area (Å²) in [5.74, 6) is 0.690. The molecule has 0 aliphatic heterocycles. The van der Waals surface area contributed by atoms with Crippen molar-refractivity contribution in [1.82, 2.24) is 10.3 Å². The molecule has 0 unspecified atom stereocenters. The summed E-state index contributed by atoms with van der Waals surface area (Å²) in [5, 5.41) is 3.08. The normalized spacial score (nSPS) is 10.1. The Bertz CT molecular complexity index is 322. The Morgan fingerprint density at radius 3 is 2.81 bits per heavy atom. The number of carbonyl (C=O) groups is 1. The second-order valence-electron chi connectivity index (χ2n) is 3.59. The Kier molecular flexibility index (Phi) is 5.50. The number of nitrogens with zero attached hydrogens (tertiary/aromatic N) is 1. The zero-order chi connectivity index (χ0) is 11.8. The van der Waals surface area contributed by atoms with E-state index in [2.05, 4.69) is 10.3 Å². The van der Waals surface area contributed by atoms with Crippen LogP contribution in [0, 0.1) is 0 Å².